The van der Waals surface area contributed by atoms with Gasteiger partial charge in [0.05, 0.1) is 0 Å². The van der Waals surface area contributed by atoms with Crippen molar-refractivity contribution in [1.82, 2.24) is 20.0 Å². The quantitative estimate of drug-likeness (QED) is 0.370. The second kappa shape index (κ2) is 12.1. The Hall–Kier alpha value is -3.05. The molecule has 1 aromatic heterocycles. The molecule has 3 N–H and O–H groups in total. The van der Waals surface area contributed by atoms with Crippen LogP contribution in [0, 0.1) is 5.92 Å². The largest absolute Gasteiger partial charge is 0.480 e. The van der Waals surface area contributed by atoms with Gasteiger partial charge in [-0.3, -0.25) is 9.59 Å². The molecule has 0 aliphatic heterocycles. The molecular formula is C24H33N5O5S. The fourth-order valence-electron chi connectivity index (χ4n) is 4.02. The number of nitrogens with one attached hydrogen (secondary N) is 2. The minimum absolute atomic E-state index is 0.207. The minimum atomic E-state index is -3.94. The number of rotatable bonds is 12. The molecular weight excluding hydrogens is 470 g/mol. The lowest BCUT2D eigenvalue weighted by Crippen LogP contribution is -2.39. The van der Waals surface area contributed by atoms with Gasteiger partial charge in [0.1, 0.15) is 24.4 Å². The van der Waals surface area contributed by atoms with Gasteiger partial charge in [0.2, 0.25) is 10.0 Å². The molecule has 190 valence electrons. The number of sulfonamides is 1. The second-order valence-corrected chi connectivity index (χ2v) is 10.6. The summed E-state index contributed by atoms with van der Waals surface area (Å²) >= 11 is 0. The maximum atomic E-state index is 13.0. The highest BCUT2D eigenvalue weighted by Crippen LogP contribution is 2.34. The summed E-state index contributed by atoms with van der Waals surface area (Å²) in [6.07, 6.45) is 12.4. The van der Waals surface area contributed by atoms with Gasteiger partial charge in [-0.2, -0.15) is 0 Å². The summed E-state index contributed by atoms with van der Waals surface area (Å²) < 4.78 is 25.7. The highest BCUT2D eigenvalue weighted by Gasteiger charge is 2.30. The molecule has 1 amide bonds. The smallest absolute Gasteiger partial charge is 0.318 e. The zero-order valence-electron chi connectivity index (χ0n) is 19.9. The van der Waals surface area contributed by atoms with Crippen molar-refractivity contribution in [2.75, 3.05) is 18.0 Å². The third-order valence-electron chi connectivity index (χ3n) is 6.15. The maximum absolute atomic E-state index is 13.0. The Kier molecular flexibility index (Phi) is 9.16. The molecule has 2 aliphatic rings. The number of carbonyl (C=O) groups is 2. The van der Waals surface area contributed by atoms with Gasteiger partial charge in [0.25, 0.3) is 5.91 Å². The van der Waals surface area contributed by atoms with Crippen molar-refractivity contribution in [2.45, 2.75) is 57.9 Å². The average molecular weight is 504 g/mol. The first-order valence-corrected chi connectivity index (χ1v) is 13.4. The average Bonchev–Trinajstić information content (AvgIpc) is 3.68. The van der Waals surface area contributed by atoms with Gasteiger partial charge in [0.15, 0.2) is 0 Å². The molecule has 1 aromatic rings. The minimum Gasteiger partial charge on any atom is -0.480 e. The van der Waals surface area contributed by atoms with Gasteiger partial charge in [-0.05, 0) is 56.3 Å². The van der Waals surface area contributed by atoms with Crippen LogP contribution in [-0.4, -0.2) is 54.5 Å². The van der Waals surface area contributed by atoms with Gasteiger partial charge in [-0.15, -0.1) is 0 Å². The van der Waals surface area contributed by atoms with Gasteiger partial charge in [0, 0.05) is 29.8 Å². The van der Waals surface area contributed by atoms with Crippen LogP contribution in [0.15, 0.2) is 47.8 Å². The molecule has 0 bridgehead atoms. The standard InChI is InChI=1S/C24H33N5O5S/c1-3-20(17(2)11-12-35(33,34)27-14-23(30)31)28-24(32)21-13-22(26-16-25-21)29(15-18-9-10-18)19-7-5-4-6-8-19/h3,11-13,16,18-19,27H,1,4-10,14-15H2,2H3,(H,28,32)(H,30,31)/b12-11+,20-17+. The monoisotopic (exact) mass is 503 g/mol. The molecule has 0 aromatic carbocycles. The van der Waals surface area contributed by atoms with E-state index in [0.717, 1.165) is 30.6 Å². The van der Waals surface area contributed by atoms with Crippen molar-refractivity contribution in [3.05, 3.63) is 53.5 Å². The number of anilines is 1. The van der Waals surface area contributed by atoms with E-state index in [0.29, 0.717) is 23.2 Å². The van der Waals surface area contributed by atoms with Crippen LogP contribution >= 0.6 is 0 Å². The highest BCUT2D eigenvalue weighted by molar-refractivity contribution is 7.92. The molecule has 2 saturated carbocycles. The SMILES string of the molecule is C=C/C(NC(=O)c1cc(N(CC2CC2)C2CCCCC2)ncn1)=C(C)\C=C\S(=O)(=O)NCC(=O)O. The lowest BCUT2D eigenvalue weighted by Gasteiger charge is -2.35. The van der Waals surface area contributed by atoms with Gasteiger partial charge < -0.3 is 15.3 Å². The van der Waals surface area contributed by atoms with Crippen molar-refractivity contribution in [2.24, 2.45) is 5.92 Å². The molecule has 0 radical (unpaired) electrons. The van der Waals surface area contributed by atoms with E-state index in [1.165, 1.54) is 50.6 Å². The summed E-state index contributed by atoms with van der Waals surface area (Å²) in [4.78, 5) is 34.5. The predicted octanol–water partition coefficient (Wildman–Crippen LogP) is 2.73. The zero-order valence-corrected chi connectivity index (χ0v) is 20.8. The Morgan fingerprint density at radius 1 is 1.20 bits per heavy atom. The summed E-state index contributed by atoms with van der Waals surface area (Å²) in [5.74, 6) is -0.328. The van der Waals surface area contributed by atoms with Crippen LogP contribution in [0.1, 0.15) is 62.4 Å². The number of allylic oxidation sites excluding steroid dienone is 3. The summed E-state index contributed by atoms with van der Waals surface area (Å²) in [6.45, 7) is 5.50. The number of hydrogen-bond donors (Lipinski definition) is 3. The van der Waals surface area contributed by atoms with Crippen LogP contribution in [0.5, 0.6) is 0 Å². The van der Waals surface area contributed by atoms with Gasteiger partial charge in [-0.25, -0.2) is 23.1 Å². The van der Waals surface area contributed by atoms with Crippen molar-refractivity contribution in [3.63, 3.8) is 0 Å². The van der Waals surface area contributed by atoms with Gasteiger partial charge in [-0.1, -0.05) is 25.8 Å². The van der Waals surface area contributed by atoms with Crippen molar-refractivity contribution in [3.8, 4) is 0 Å². The van der Waals surface area contributed by atoms with E-state index in [-0.39, 0.29) is 5.69 Å². The normalized spacial score (nSPS) is 17.6. The first-order chi connectivity index (χ1) is 16.7. The number of amides is 1. The lowest BCUT2D eigenvalue weighted by molar-refractivity contribution is -0.135. The molecule has 0 unspecified atom stereocenters. The number of hydrogen-bond acceptors (Lipinski definition) is 7. The second-order valence-electron chi connectivity index (χ2n) is 8.97. The van der Waals surface area contributed by atoms with E-state index in [4.69, 9.17) is 5.11 Å². The highest BCUT2D eigenvalue weighted by atomic mass is 32.2. The van der Waals surface area contributed by atoms with Crippen molar-refractivity contribution in [1.29, 1.82) is 0 Å². The Morgan fingerprint density at radius 2 is 1.91 bits per heavy atom. The zero-order chi connectivity index (χ0) is 25.4. The van der Waals surface area contributed by atoms with Crippen LogP contribution in [0.3, 0.4) is 0 Å². The molecule has 11 heteroatoms. The summed E-state index contributed by atoms with van der Waals surface area (Å²) in [7, 11) is -3.94. The van der Waals surface area contributed by atoms with Gasteiger partial charge >= 0.3 is 5.97 Å². The molecule has 1 heterocycles. The van der Waals surface area contributed by atoms with Crippen LogP contribution in [0.2, 0.25) is 0 Å². The van der Waals surface area contributed by atoms with E-state index in [1.54, 1.807) is 13.0 Å². The van der Waals surface area contributed by atoms with Crippen LogP contribution in [0.25, 0.3) is 0 Å². The molecule has 3 rings (SSSR count). The molecule has 0 saturated heterocycles. The Morgan fingerprint density at radius 3 is 2.54 bits per heavy atom. The summed E-state index contributed by atoms with van der Waals surface area (Å²) in [6, 6.07) is 2.13. The molecule has 2 fully saturated rings. The maximum Gasteiger partial charge on any atom is 0.318 e. The Labute approximate surface area is 206 Å². The Bertz CT molecular complexity index is 1110. The molecule has 10 nitrogen and oxygen atoms in total. The predicted molar refractivity (Wildman–Crippen MR) is 133 cm³/mol. The summed E-state index contributed by atoms with van der Waals surface area (Å²) in [5.41, 5.74) is 0.932. The fourth-order valence-corrected chi connectivity index (χ4v) is 4.82. The number of carboxylic acids is 1. The van der Waals surface area contributed by atoms with E-state index >= 15 is 0 Å². The van der Waals surface area contributed by atoms with E-state index in [1.807, 2.05) is 4.72 Å². The first-order valence-electron chi connectivity index (χ1n) is 11.8. The van der Waals surface area contributed by atoms with E-state index in [9.17, 15) is 18.0 Å². The third-order valence-corrected chi connectivity index (χ3v) is 7.19. The molecule has 35 heavy (non-hydrogen) atoms. The number of aromatic nitrogens is 2. The number of carbonyl (C=O) groups excluding carboxylic acids is 1. The lowest BCUT2D eigenvalue weighted by atomic mass is 9.94. The van der Waals surface area contributed by atoms with Crippen LogP contribution < -0.4 is 14.9 Å². The Balaban J connectivity index is 1.74. The molecule has 2 aliphatic carbocycles. The first kappa shape index (κ1) is 26.6. The number of aliphatic carboxylic acids is 1. The van der Waals surface area contributed by atoms with Crippen molar-refractivity contribution >= 4 is 27.7 Å². The molecule has 0 atom stereocenters. The number of nitrogens with zero attached hydrogens (tertiary/aromatic N) is 3. The van der Waals surface area contributed by atoms with E-state index in [2.05, 4.69) is 26.8 Å². The van der Waals surface area contributed by atoms with E-state index < -0.39 is 28.4 Å². The number of carboxylic acid groups (broad SMARTS) is 1. The van der Waals surface area contributed by atoms with Crippen molar-refractivity contribution < 1.29 is 23.1 Å². The van der Waals surface area contributed by atoms with Crippen LogP contribution in [-0.2, 0) is 14.8 Å². The summed E-state index contributed by atoms with van der Waals surface area (Å²) in [5, 5.41) is 12.2. The molecule has 0 spiro atoms. The van der Waals surface area contributed by atoms with Crippen LogP contribution in [0.4, 0.5) is 5.82 Å². The topological polar surface area (TPSA) is 142 Å². The fraction of sp³-hybridized carbons (Fsp3) is 0.500. The third kappa shape index (κ3) is 8.29.